The van der Waals surface area contributed by atoms with Crippen LogP contribution in [0.2, 0.25) is 0 Å². The van der Waals surface area contributed by atoms with Crippen LogP contribution in [0.5, 0.6) is 11.5 Å². The van der Waals surface area contributed by atoms with Gasteiger partial charge in [-0.15, -0.1) is 0 Å². The zero-order valence-corrected chi connectivity index (χ0v) is 14.6. The molecule has 27 heavy (non-hydrogen) atoms. The highest BCUT2D eigenvalue weighted by Gasteiger charge is 2.35. The summed E-state index contributed by atoms with van der Waals surface area (Å²) in [5.41, 5.74) is 7.91. The largest absolute Gasteiger partial charge is 0.454 e. The van der Waals surface area contributed by atoms with E-state index in [0.29, 0.717) is 55.4 Å². The Kier molecular flexibility index (Phi) is 3.75. The van der Waals surface area contributed by atoms with Crippen molar-refractivity contribution in [1.29, 1.82) is 0 Å². The van der Waals surface area contributed by atoms with Gasteiger partial charge >= 0.3 is 0 Å². The number of rotatable bonds is 2. The van der Waals surface area contributed by atoms with Crippen LogP contribution in [0.3, 0.4) is 0 Å². The molecule has 4 heterocycles. The molecule has 0 bridgehead atoms. The van der Waals surface area contributed by atoms with Gasteiger partial charge in [-0.1, -0.05) is 12.1 Å². The number of nitrogens with zero attached hydrogens (tertiary/aromatic N) is 3. The van der Waals surface area contributed by atoms with E-state index in [1.165, 1.54) is 0 Å². The highest BCUT2D eigenvalue weighted by atomic mass is 16.7. The summed E-state index contributed by atoms with van der Waals surface area (Å²) < 4.78 is 16.5. The third-order valence-corrected chi connectivity index (χ3v) is 5.06. The molecule has 1 fully saturated rings. The molecule has 1 atom stereocenters. The van der Waals surface area contributed by atoms with Crippen LogP contribution in [0.15, 0.2) is 18.2 Å². The molecule has 1 aromatic carbocycles. The number of hydrogen-bond donors (Lipinski definition) is 2. The number of benzene rings is 1. The number of carbonyl (C=O) groups is 1. The second kappa shape index (κ2) is 6.27. The van der Waals surface area contributed by atoms with Crippen LogP contribution in [-0.2, 0) is 9.53 Å². The lowest BCUT2D eigenvalue weighted by atomic mass is 9.85. The van der Waals surface area contributed by atoms with Gasteiger partial charge in [0.2, 0.25) is 18.6 Å². The molecule has 3 aliphatic rings. The number of nitrogen functional groups attached to an aromatic ring is 1. The number of aromatic nitrogens is 2. The first-order valence-corrected chi connectivity index (χ1v) is 8.89. The average Bonchev–Trinajstić information content (AvgIpc) is 3.16. The molecule has 0 saturated carbocycles. The minimum atomic E-state index is -0.288. The summed E-state index contributed by atoms with van der Waals surface area (Å²) in [5, 5.41) is 2.85. The van der Waals surface area contributed by atoms with Crippen molar-refractivity contribution in [2.24, 2.45) is 0 Å². The van der Waals surface area contributed by atoms with E-state index in [1.807, 2.05) is 23.1 Å². The molecule has 3 N–H and O–H groups in total. The number of carbonyl (C=O) groups excluding carboxylic acids is 1. The lowest BCUT2D eigenvalue weighted by Crippen LogP contribution is -2.38. The Balaban J connectivity index is 1.59. The molecule has 0 radical (unpaired) electrons. The first-order chi connectivity index (χ1) is 13.2. The van der Waals surface area contributed by atoms with Crippen molar-refractivity contribution in [2.75, 3.05) is 49.0 Å². The van der Waals surface area contributed by atoms with Crippen molar-refractivity contribution in [3.05, 3.63) is 29.3 Å². The zero-order valence-electron chi connectivity index (χ0n) is 14.6. The predicted octanol–water partition coefficient (Wildman–Crippen LogP) is 1.10. The fourth-order valence-electron chi connectivity index (χ4n) is 3.78. The first-order valence-electron chi connectivity index (χ1n) is 8.89. The van der Waals surface area contributed by atoms with Crippen molar-refractivity contribution in [1.82, 2.24) is 9.97 Å². The van der Waals surface area contributed by atoms with Gasteiger partial charge in [-0.2, -0.15) is 9.97 Å². The Morgan fingerprint density at radius 1 is 1.19 bits per heavy atom. The summed E-state index contributed by atoms with van der Waals surface area (Å²) in [6.45, 7) is 2.77. The van der Waals surface area contributed by atoms with Gasteiger partial charge < -0.3 is 30.2 Å². The number of amides is 1. The van der Waals surface area contributed by atoms with E-state index in [4.69, 9.17) is 19.9 Å². The highest BCUT2D eigenvalue weighted by Crippen LogP contribution is 2.46. The molecule has 3 aliphatic heterocycles. The fraction of sp³-hybridized carbons (Fsp3) is 0.389. The van der Waals surface area contributed by atoms with E-state index in [9.17, 15) is 4.79 Å². The van der Waals surface area contributed by atoms with Gasteiger partial charge in [0, 0.05) is 36.6 Å². The Morgan fingerprint density at radius 2 is 2.04 bits per heavy atom. The first kappa shape index (κ1) is 16.1. The maximum absolute atomic E-state index is 12.4. The van der Waals surface area contributed by atoms with Gasteiger partial charge in [0.15, 0.2) is 11.5 Å². The lowest BCUT2D eigenvalue weighted by Gasteiger charge is -2.30. The molecule has 140 valence electrons. The van der Waals surface area contributed by atoms with Crippen LogP contribution in [-0.4, -0.2) is 49.0 Å². The zero-order chi connectivity index (χ0) is 18.4. The quantitative estimate of drug-likeness (QED) is 0.809. The van der Waals surface area contributed by atoms with Crippen LogP contribution in [0.25, 0.3) is 0 Å². The molecule has 9 heteroatoms. The number of fused-ring (bicyclic) bond motifs is 2. The molecule has 9 nitrogen and oxygen atoms in total. The van der Waals surface area contributed by atoms with Crippen molar-refractivity contribution in [2.45, 2.75) is 12.3 Å². The van der Waals surface area contributed by atoms with Crippen LogP contribution in [0.4, 0.5) is 17.6 Å². The Labute approximate surface area is 155 Å². The molecule has 0 unspecified atom stereocenters. The van der Waals surface area contributed by atoms with E-state index in [2.05, 4.69) is 15.3 Å². The summed E-state index contributed by atoms with van der Waals surface area (Å²) in [6, 6.07) is 5.65. The minimum Gasteiger partial charge on any atom is -0.454 e. The Hall–Kier alpha value is -3.07. The maximum atomic E-state index is 12.4. The number of ether oxygens (including phenoxy) is 3. The summed E-state index contributed by atoms with van der Waals surface area (Å²) in [5.74, 6) is 2.25. The third-order valence-electron chi connectivity index (χ3n) is 5.06. The molecule has 2 aromatic rings. The SMILES string of the molecule is Nc1nc(N2CCOCC2)nc2c1[C@H](c1cccc3c1OCO3)CC(=O)N2. The van der Waals surface area contributed by atoms with Crippen molar-refractivity contribution < 1.29 is 19.0 Å². The number of hydrogen-bond acceptors (Lipinski definition) is 8. The molecule has 0 aliphatic carbocycles. The molecular formula is C18H19N5O4. The van der Waals surface area contributed by atoms with Crippen molar-refractivity contribution in [3.8, 4) is 11.5 Å². The molecular weight excluding hydrogens is 350 g/mol. The van der Waals surface area contributed by atoms with E-state index in [0.717, 1.165) is 11.1 Å². The summed E-state index contributed by atoms with van der Waals surface area (Å²) in [6.07, 6.45) is 0.247. The van der Waals surface area contributed by atoms with Gasteiger partial charge in [-0.25, -0.2) is 0 Å². The number of nitrogens with one attached hydrogen (secondary N) is 1. The monoisotopic (exact) mass is 369 g/mol. The molecule has 5 rings (SSSR count). The van der Waals surface area contributed by atoms with Crippen LogP contribution in [0, 0.1) is 0 Å². The number of nitrogens with two attached hydrogens (primary N) is 1. The second-order valence-electron chi connectivity index (χ2n) is 6.66. The summed E-state index contributed by atoms with van der Waals surface area (Å²) in [4.78, 5) is 23.5. The topological polar surface area (TPSA) is 112 Å². The maximum Gasteiger partial charge on any atom is 0.231 e. The van der Waals surface area contributed by atoms with E-state index in [-0.39, 0.29) is 25.0 Å². The Morgan fingerprint density at radius 3 is 2.89 bits per heavy atom. The number of anilines is 3. The van der Waals surface area contributed by atoms with Crippen molar-refractivity contribution in [3.63, 3.8) is 0 Å². The van der Waals surface area contributed by atoms with Gasteiger partial charge in [0.05, 0.1) is 13.2 Å². The highest BCUT2D eigenvalue weighted by molar-refractivity contribution is 5.95. The lowest BCUT2D eigenvalue weighted by molar-refractivity contribution is -0.116. The van der Waals surface area contributed by atoms with E-state index >= 15 is 0 Å². The van der Waals surface area contributed by atoms with Crippen LogP contribution < -0.4 is 25.4 Å². The smallest absolute Gasteiger partial charge is 0.231 e. The summed E-state index contributed by atoms with van der Waals surface area (Å²) in [7, 11) is 0. The molecule has 0 spiro atoms. The average molecular weight is 369 g/mol. The molecule has 1 aromatic heterocycles. The number of morpholine rings is 1. The van der Waals surface area contributed by atoms with Crippen molar-refractivity contribution >= 4 is 23.5 Å². The Bertz CT molecular complexity index is 913. The van der Waals surface area contributed by atoms with E-state index in [1.54, 1.807) is 0 Å². The molecule has 1 saturated heterocycles. The van der Waals surface area contributed by atoms with Gasteiger partial charge in [0.25, 0.3) is 0 Å². The van der Waals surface area contributed by atoms with Gasteiger partial charge in [0.1, 0.15) is 11.6 Å². The van der Waals surface area contributed by atoms with Gasteiger partial charge in [-0.05, 0) is 6.07 Å². The summed E-state index contributed by atoms with van der Waals surface area (Å²) >= 11 is 0. The van der Waals surface area contributed by atoms with E-state index < -0.39 is 0 Å². The molecule has 1 amide bonds. The van der Waals surface area contributed by atoms with Crippen LogP contribution in [0.1, 0.15) is 23.5 Å². The third kappa shape index (κ3) is 2.71. The second-order valence-corrected chi connectivity index (χ2v) is 6.66. The standard InChI is InChI=1S/C18H19N5O4/c19-16-14-11(10-2-1-3-12-15(10)27-9-26-12)8-13(24)20-17(14)22-18(21-16)23-4-6-25-7-5-23/h1-3,11H,4-9H2,(H3,19,20,21,22,24)/t11-/m0/s1. The van der Waals surface area contributed by atoms with Crippen LogP contribution >= 0.6 is 0 Å². The van der Waals surface area contributed by atoms with Gasteiger partial charge in [-0.3, -0.25) is 4.79 Å². The number of para-hydroxylation sites is 1. The normalized spacial score (nSPS) is 21.0. The predicted molar refractivity (Wildman–Crippen MR) is 97.1 cm³/mol. The fourth-order valence-corrected chi connectivity index (χ4v) is 3.78. The minimum absolute atomic E-state index is 0.116.